The lowest BCUT2D eigenvalue weighted by atomic mass is 9.95. The summed E-state index contributed by atoms with van der Waals surface area (Å²) in [6.45, 7) is 12.3. The molecule has 1 unspecified atom stereocenters. The summed E-state index contributed by atoms with van der Waals surface area (Å²) in [5.74, 6) is 0.801. The molecule has 0 aliphatic carbocycles. The first-order valence-corrected chi connectivity index (χ1v) is 8.75. The van der Waals surface area contributed by atoms with Gasteiger partial charge in [-0.3, -0.25) is 0 Å². The second kappa shape index (κ2) is 8.84. The predicted molar refractivity (Wildman–Crippen MR) is 93.3 cm³/mol. The van der Waals surface area contributed by atoms with Crippen LogP contribution in [0.4, 0.5) is 0 Å². The molecule has 0 amide bonds. The van der Waals surface area contributed by atoms with Crippen molar-refractivity contribution in [2.75, 3.05) is 6.54 Å². The third-order valence-electron chi connectivity index (χ3n) is 3.78. The van der Waals surface area contributed by atoms with Crippen molar-refractivity contribution >= 4 is 15.9 Å². The van der Waals surface area contributed by atoms with Crippen LogP contribution in [0.25, 0.3) is 0 Å². The molecule has 1 aromatic rings. The van der Waals surface area contributed by atoms with Gasteiger partial charge in [0.05, 0.1) is 0 Å². The molecule has 1 N–H and O–H groups in total. The molecule has 0 aromatic heterocycles. The Labute approximate surface area is 133 Å². The average Bonchev–Trinajstić information content (AvgIpc) is 2.39. The van der Waals surface area contributed by atoms with Gasteiger partial charge in [-0.1, -0.05) is 61.7 Å². The maximum atomic E-state index is 3.72. The van der Waals surface area contributed by atoms with Gasteiger partial charge in [-0.25, -0.2) is 0 Å². The van der Waals surface area contributed by atoms with Crippen LogP contribution < -0.4 is 5.32 Å². The number of rotatable bonds is 8. The quantitative estimate of drug-likeness (QED) is 0.618. The van der Waals surface area contributed by atoms with Gasteiger partial charge in [0.15, 0.2) is 0 Å². The van der Waals surface area contributed by atoms with Gasteiger partial charge in [-0.05, 0) is 55.8 Å². The predicted octanol–water partition coefficient (Wildman–Crippen LogP) is 5.93. The van der Waals surface area contributed by atoms with E-state index in [1.54, 1.807) is 0 Å². The topological polar surface area (TPSA) is 12.0 Å². The monoisotopic (exact) mass is 339 g/mol. The van der Waals surface area contributed by atoms with Crippen LogP contribution in [0.3, 0.4) is 0 Å². The molecule has 20 heavy (non-hydrogen) atoms. The van der Waals surface area contributed by atoms with E-state index in [2.05, 4.69) is 68.0 Å². The van der Waals surface area contributed by atoms with E-state index in [1.165, 1.54) is 46.8 Å². The number of benzene rings is 1. The Bertz CT molecular complexity index is 389. The Hall–Kier alpha value is -0.340. The van der Waals surface area contributed by atoms with Gasteiger partial charge in [0.25, 0.3) is 0 Å². The molecule has 2 heteroatoms. The van der Waals surface area contributed by atoms with Gasteiger partial charge in [0, 0.05) is 10.5 Å². The molecular formula is C18H30BrN. The van der Waals surface area contributed by atoms with Crippen molar-refractivity contribution in [2.45, 2.75) is 66.3 Å². The number of halogens is 1. The van der Waals surface area contributed by atoms with Crippen LogP contribution in [0.2, 0.25) is 0 Å². The van der Waals surface area contributed by atoms with Crippen molar-refractivity contribution in [3.05, 3.63) is 33.3 Å². The minimum Gasteiger partial charge on any atom is -0.310 e. The largest absolute Gasteiger partial charge is 0.310 e. The van der Waals surface area contributed by atoms with Crippen molar-refractivity contribution in [1.29, 1.82) is 0 Å². The van der Waals surface area contributed by atoms with E-state index in [0.29, 0.717) is 6.04 Å². The zero-order valence-corrected chi connectivity index (χ0v) is 15.3. The lowest BCUT2D eigenvalue weighted by Gasteiger charge is -2.21. The molecule has 0 spiro atoms. The SMILES string of the molecule is CCCNC(CCCC(C)C)c1cc(C)c(Br)c(C)c1. The van der Waals surface area contributed by atoms with Gasteiger partial charge in [0.1, 0.15) is 0 Å². The minimum absolute atomic E-state index is 0.499. The van der Waals surface area contributed by atoms with Crippen LogP contribution in [0.1, 0.15) is 69.2 Å². The van der Waals surface area contributed by atoms with Crippen LogP contribution in [0, 0.1) is 19.8 Å². The van der Waals surface area contributed by atoms with E-state index in [-0.39, 0.29) is 0 Å². The summed E-state index contributed by atoms with van der Waals surface area (Å²) < 4.78 is 1.25. The number of hydrogen-bond acceptors (Lipinski definition) is 1. The van der Waals surface area contributed by atoms with Gasteiger partial charge in [0.2, 0.25) is 0 Å². The van der Waals surface area contributed by atoms with Crippen LogP contribution in [0.5, 0.6) is 0 Å². The summed E-state index contributed by atoms with van der Waals surface area (Å²) in [7, 11) is 0. The van der Waals surface area contributed by atoms with Crippen molar-refractivity contribution in [1.82, 2.24) is 5.32 Å². The van der Waals surface area contributed by atoms with Gasteiger partial charge in [-0.2, -0.15) is 0 Å². The molecule has 0 radical (unpaired) electrons. The molecule has 114 valence electrons. The van der Waals surface area contributed by atoms with Crippen LogP contribution >= 0.6 is 15.9 Å². The van der Waals surface area contributed by atoms with Crippen molar-refractivity contribution < 1.29 is 0 Å². The normalized spacial score (nSPS) is 12.9. The fraction of sp³-hybridized carbons (Fsp3) is 0.667. The molecule has 0 saturated heterocycles. The second-order valence-corrected chi connectivity index (χ2v) is 7.09. The number of hydrogen-bond donors (Lipinski definition) is 1. The highest BCUT2D eigenvalue weighted by atomic mass is 79.9. The van der Waals surface area contributed by atoms with Crippen molar-refractivity contribution in [3.63, 3.8) is 0 Å². The Morgan fingerprint density at radius 2 is 1.70 bits per heavy atom. The Morgan fingerprint density at radius 1 is 1.10 bits per heavy atom. The third-order valence-corrected chi connectivity index (χ3v) is 5.03. The van der Waals surface area contributed by atoms with E-state index in [9.17, 15) is 0 Å². The van der Waals surface area contributed by atoms with E-state index in [0.717, 1.165) is 12.5 Å². The second-order valence-electron chi connectivity index (χ2n) is 6.30. The summed E-state index contributed by atoms with van der Waals surface area (Å²) in [5.41, 5.74) is 4.12. The highest BCUT2D eigenvalue weighted by Gasteiger charge is 2.13. The molecule has 1 aromatic carbocycles. The zero-order chi connectivity index (χ0) is 15.1. The Kier molecular flexibility index (Phi) is 7.83. The summed E-state index contributed by atoms with van der Waals surface area (Å²) in [5, 5.41) is 3.72. The standard InChI is InChI=1S/C18H30BrN/c1-6-10-20-17(9-7-8-13(2)3)16-11-14(4)18(19)15(5)12-16/h11-13,17,20H,6-10H2,1-5H3. The molecule has 1 nitrogen and oxygen atoms in total. The minimum atomic E-state index is 0.499. The van der Waals surface area contributed by atoms with Crippen LogP contribution in [0.15, 0.2) is 16.6 Å². The lowest BCUT2D eigenvalue weighted by molar-refractivity contribution is 0.447. The van der Waals surface area contributed by atoms with Crippen molar-refractivity contribution in [3.8, 4) is 0 Å². The first-order valence-electron chi connectivity index (χ1n) is 7.95. The first kappa shape index (κ1) is 17.7. The summed E-state index contributed by atoms with van der Waals surface area (Å²) in [4.78, 5) is 0. The van der Waals surface area contributed by atoms with Gasteiger partial charge >= 0.3 is 0 Å². The Balaban J connectivity index is 2.81. The molecule has 0 aliphatic heterocycles. The van der Waals surface area contributed by atoms with E-state index in [1.807, 2.05) is 0 Å². The molecular weight excluding hydrogens is 310 g/mol. The average molecular weight is 340 g/mol. The fourth-order valence-electron chi connectivity index (χ4n) is 2.62. The highest BCUT2D eigenvalue weighted by molar-refractivity contribution is 9.10. The van der Waals surface area contributed by atoms with Crippen LogP contribution in [-0.4, -0.2) is 6.54 Å². The summed E-state index contributed by atoms with van der Waals surface area (Å²) >= 11 is 3.67. The van der Waals surface area contributed by atoms with Crippen molar-refractivity contribution in [2.24, 2.45) is 5.92 Å². The maximum Gasteiger partial charge on any atom is 0.0320 e. The molecule has 1 rings (SSSR count). The smallest absolute Gasteiger partial charge is 0.0320 e. The third kappa shape index (κ3) is 5.57. The van der Waals surface area contributed by atoms with E-state index < -0.39 is 0 Å². The number of aryl methyl sites for hydroxylation is 2. The summed E-state index contributed by atoms with van der Waals surface area (Å²) in [6, 6.07) is 5.17. The fourth-order valence-corrected chi connectivity index (χ4v) is 2.84. The lowest BCUT2D eigenvalue weighted by Crippen LogP contribution is -2.22. The highest BCUT2D eigenvalue weighted by Crippen LogP contribution is 2.28. The summed E-state index contributed by atoms with van der Waals surface area (Å²) in [6.07, 6.45) is 5.04. The zero-order valence-electron chi connectivity index (χ0n) is 13.7. The maximum absolute atomic E-state index is 3.72. The van der Waals surface area contributed by atoms with Gasteiger partial charge in [-0.15, -0.1) is 0 Å². The molecule has 0 aliphatic rings. The number of nitrogens with one attached hydrogen (secondary N) is 1. The molecule has 0 bridgehead atoms. The van der Waals surface area contributed by atoms with Crippen LogP contribution in [-0.2, 0) is 0 Å². The molecule has 0 fully saturated rings. The van der Waals surface area contributed by atoms with E-state index in [4.69, 9.17) is 0 Å². The molecule has 0 heterocycles. The first-order chi connectivity index (χ1) is 9.45. The van der Waals surface area contributed by atoms with Gasteiger partial charge < -0.3 is 5.32 Å². The molecule has 0 saturated carbocycles. The van der Waals surface area contributed by atoms with E-state index >= 15 is 0 Å². The Morgan fingerprint density at radius 3 is 2.20 bits per heavy atom. The molecule has 1 atom stereocenters.